The first-order chi connectivity index (χ1) is 7.75. The van der Waals surface area contributed by atoms with Gasteiger partial charge in [0.1, 0.15) is 0 Å². The summed E-state index contributed by atoms with van der Waals surface area (Å²) >= 11 is 1.96. The lowest BCUT2D eigenvalue weighted by atomic mass is 10.1. The quantitative estimate of drug-likeness (QED) is 0.748. The molecule has 0 amide bonds. The van der Waals surface area contributed by atoms with E-state index < -0.39 is 0 Å². The zero-order valence-electron chi connectivity index (χ0n) is 10.5. The van der Waals surface area contributed by atoms with Crippen LogP contribution in [-0.2, 0) is 0 Å². The predicted molar refractivity (Wildman–Crippen MR) is 73.1 cm³/mol. The fourth-order valence-electron chi connectivity index (χ4n) is 2.42. The number of hydrogen-bond acceptors (Lipinski definition) is 3. The average molecular weight is 240 g/mol. The minimum Gasteiger partial charge on any atom is -0.362 e. The minimum atomic E-state index is 0.694. The molecule has 2 aliphatic rings. The molecule has 1 aliphatic heterocycles. The van der Waals surface area contributed by atoms with E-state index in [9.17, 15) is 0 Å². The second kappa shape index (κ2) is 5.95. The van der Waals surface area contributed by atoms with Crippen molar-refractivity contribution in [2.45, 2.75) is 63.7 Å². The molecule has 92 valence electrons. The smallest absolute Gasteiger partial charge is 0.157 e. The van der Waals surface area contributed by atoms with Gasteiger partial charge in [-0.15, -0.1) is 0 Å². The number of aliphatic imine (C=N–C) groups is 1. The van der Waals surface area contributed by atoms with Crippen LogP contribution >= 0.6 is 11.8 Å². The van der Waals surface area contributed by atoms with Gasteiger partial charge in [-0.05, 0) is 18.8 Å². The van der Waals surface area contributed by atoms with E-state index in [-0.39, 0.29) is 0 Å². The van der Waals surface area contributed by atoms with Gasteiger partial charge in [0.25, 0.3) is 0 Å². The number of amidine groups is 1. The highest BCUT2D eigenvalue weighted by molar-refractivity contribution is 8.14. The maximum absolute atomic E-state index is 4.63. The summed E-state index contributed by atoms with van der Waals surface area (Å²) in [6.45, 7) is 5.60. The second-order valence-corrected chi connectivity index (χ2v) is 6.61. The van der Waals surface area contributed by atoms with Crippen molar-refractivity contribution in [3.8, 4) is 0 Å². The highest BCUT2D eigenvalue weighted by Crippen LogP contribution is 2.27. The van der Waals surface area contributed by atoms with E-state index in [1.54, 1.807) is 0 Å². The van der Waals surface area contributed by atoms with Gasteiger partial charge < -0.3 is 5.32 Å². The number of nitrogens with zero attached hydrogens (tertiary/aromatic N) is 1. The van der Waals surface area contributed by atoms with E-state index >= 15 is 0 Å². The summed E-state index contributed by atoms with van der Waals surface area (Å²) in [7, 11) is 0. The molecule has 1 saturated carbocycles. The van der Waals surface area contributed by atoms with E-state index in [0.717, 1.165) is 12.5 Å². The summed E-state index contributed by atoms with van der Waals surface area (Å²) in [6.07, 6.45) is 8.31. The van der Waals surface area contributed by atoms with Crippen LogP contribution in [0.1, 0.15) is 52.4 Å². The molecule has 1 N–H and O–H groups in total. The lowest BCUT2D eigenvalue weighted by molar-refractivity contribution is 0.536. The van der Waals surface area contributed by atoms with Crippen LogP contribution in [0.2, 0.25) is 0 Å². The Morgan fingerprint density at radius 2 is 1.88 bits per heavy atom. The molecule has 0 aromatic heterocycles. The van der Waals surface area contributed by atoms with Gasteiger partial charge in [-0.1, -0.05) is 51.3 Å². The molecule has 0 bridgehead atoms. The second-order valence-electron chi connectivity index (χ2n) is 5.38. The van der Waals surface area contributed by atoms with Gasteiger partial charge in [-0.2, -0.15) is 0 Å². The predicted octanol–water partition coefficient (Wildman–Crippen LogP) is 3.43. The van der Waals surface area contributed by atoms with Crippen molar-refractivity contribution in [1.29, 1.82) is 0 Å². The summed E-state index contributed by atoms with van der Waals surface area (Å²) in [4.78, 5) is 4.63. The SMILES string of the molecule is CC(C)C1CN=C(NC2CCCCCC2)S1. The van der Waals surface area contributed by atoms with Gasteiger partial charge in [0, 0.05) is 11.3 Å². The molecule has 0 aromatic rings. The molecule has 2 nitrogen and oxygen atoms in total. The van der Waals surface area contributed by atoms with Crippen molar-refractivity contribution in [2.75, 3.05) is 6.54 Å². The molecule has 1 unspecified atom stereocenters. The molecule has 0 spiro atoms. The molecule has 16 heavy (non-hydrogen) atoms. The van der Waals surface area contributed by atoms with Gasteiger partial charge in [-0.3, -0.25) is 4.99 Å². The molecule has 1 aliphatic carbocycles. The molecule has 1 fully saturated rings. The highest BCUT2D eigenvalue weighted by atomic mass is 32.2. The van der Waals surface area contributed by atoms with Crippen molar-refractivity contribution in [1.82, 2.24) is 5.32 Å². The minimum absolute atomic E-state index is 0.694. The van der Waals surface area contributed by atoms with Gasteiger partial charge in [0.05, 0.1) is 6.54 Å². The third-order valence-electron chi connectivity index (χ3n) is 3.60. The number of thioether (sulfide) groups is 1. The largest absolute Gasteiger partial charge is 0.362 e. The molecule has 1 heterocycles. The monoisotopic (exact) mass is 240 g/mol. The topological polar surface area (TPSA) is 24.4 Å². The Bertz CT molecular complexity index is 242. The Kier molecular flexibility index (Phi) is 4.56. The van der Waals surface area contributed by atoms with Crippen LogP contribution in [0.3, 0.4) is 0 Å². The van der Waals surface area contributed by atoms with Gasteiger partial charge in [-0.25, -0.2) is 0 Å². The molecule has 2 rings (SSSR count). The molecular formula is C13H24N2S. The van der Waals surface area contributed by atoms with Crippen LogP contribution in [0, 0.1) is 5.92 Å². The fourth-order valence-corrected chi connectivity index (χ4v) is 3.51. The van der Waals surface area contributed by atoms with E-state index in [0.29, 0.717) is 11.3 Å². The third-order valence-corrected chi connectivity index (χ3v) is 5.07. The van der Waals surface area contributed by atoms with E-state index in [1.807, 2.05) is 11.8 Å². The Hall–Kier alpha value is -0.180. The zero-order chi connectivity index (χ0) is 11.4. The lowest BCUT2D eigenvalue weighted by Crippen LogP contribution is -2.32. The van der Waals surface area contributed by atoms with Crippen molar-refractivity contribution < 1.29 is 0 Å². The standard InChI is InChI=1S/C13H24N2S/c1-10(2)12-9-14-13(16-12)15-11-7-5-3-4-6-8-11/h10-12H,3-9H2,1-2H3,(H,14,15). The van der Waals surface area contributed by atoms with E-state index in [1.165, 1.54) is 43.7 Å². The van der Waals surface area contributed by atoms with Crippen LogP contribution < -0.4 is 5.32 Å². The molecule has 1 atom stereocenters. The third kappa shape index (κ3) is 3.41. The molecule has 0 saturated heterocycles. The maximum atomic E-state index is 4.63. The van der Waals surface area contributed by atoms with Crippen molar-refractivity contribution in [3.63, 3.8) is 0 Å². The van der Waals surface area contributed by atoms with Crippen LogP contribution in [0.5, 0.6) is 0 Å². The van der Waals surface area contributed by atoms with Crippen molar-refractivity contribution in [3.05, 3.63) is 0 Å². The first-order valence-electron chi connectivity index (χ1n) is 6.73. The van der Waals surface area contributed by atoms with Crippen LogP contribution in [0.4, 0.5) is 0 Å². The summed E-state index contributed by atoms with van der Waals surface area (Å²) < 4.78 is 0. The average Bonchev–Trinajstić information content (AvgIpc) is 2.56. The fraction of sp³-hybridized carbons (Fsp3) is 0.923. The molecule has 3 heteroatoms. The van der Waals surface area contributed by atoms with E-state index in [2.05, 4.69) is 24.2 Å². The summed E-state index contributed by atoms with van der Waals surface area (Å²) in [5.41, 5.74) is 0. The summed E-state index contributed by atoms with van der Waals surface area (Å²) in [5.74, 6) is 0.738. The van der Waals surface area contributed by atoms with Crippen LogP contribution in [-0.4, -0.2) is 23.0 Å². The number of hydrogen-bond donors (Lipinski definition) is 1. The zero-order valence-corrected chi connectivity index (χ0v) is 11.4. The molecule has 0 radical (unpaired) electrons. The van der Waals surface area contributed by atoms with E-state index in [4.69, 9.17) is 0 Å². The van der Waals surface area contributed by atoms with Gasteiger partial charge in [0.2, 0.25) is 0 Å². The molecule has 0 aromatic carbocycles. The van der Waals surface area contributed by atoms with Crippen LogP contribution in [0.15, 0.2) is 4.99 Å². The highest BCUT2D eigenvalue weighted by Gasteiger charge is 2.24. The Morgan fingerprint density at radius 3 is 2.44 bits per heavy atom. The van der Waals surface area contributed by atoms with Crippen LogP contribution in [0.25, 0.3) is 0 Å². The Morgan fingerprint density at radius 1 is 1.19 bits per heavy atom. The molecular weight excluding hydrogens is 216 g/mol. The lowest BCUT2D eigenvalue weighted by Gasteiger charge is -2.18. The van der Waals surface area contributed by atoms with Crippen molar-refractivity contribution in [2.24, 2.45) is 10.9 Å². The Balaban J connectivity index is 1.77. The summed E-state index contributed by atoms with van der Waals surface area (Å²) in [5, 5.41) is 5.57. The summed E-state index contributed by atoms with van der Waals surface area (Å²) in [6, 6.07) is 0.694. The maximum Gasteiger partial charge on any atom is 0.157 e. The van der Waals surface area contributed by atoms with Gasteiger partial charge >= 0.3 is 0 Å². The first-order valence-corrected chi connectivity index (χ1v) is 7.61. The number of rotatable bonds is 2. The number of nitrogens with one attached hydrogen (secondary N) is 1. The van der Waals surface area contributed by atoms with Gasteiger partial charge in [0.15, 0.2) is 5.17 Å². The van der Waals surface area contributed by atoms with Crippen molar-refractivity contribution >= 4 is 16.9 Å². The Labute approximate surface area is 104 Å². The normalized spacial score (nSPS) is 27.9. The first kappa shape index (κ1) is 12.3.